The van der Waals surface area contributed by atoms with Crippen molar-refractivity contribution in [2.45, 2.75) is 10.1 Å². The van der Waals surface area contributed by atoms with Crippen LogP contribution in [-0.2, 0) is 9.59 Å². The average Bonchev–Trinajstić information content (AvgIpc) is 3.15. The monoisotopic (exact) mass is 671 g/mol. The molecule has 1 atom stereocenters. The highest BCUT2D eigenvalue weighted by molar-refractivity contribution is 8.00. The number of thioether (sulfide) groups is 1. The summed E-state index contributed by atoms with van der Waals surface area (Å²) in [5, 5.41) is 8.07. The van der Waals surface area contributed by atoms with E-state index in [0.717, 1.165) is 10.5 Å². The second-order valence-corrected chi connectivity index (χ2v) is 12.1. The molecule has 0 fully saturated rings. The number of nitrogens with one attached hydrogen (secondary N) is 3. The number of amides is 3. The van der Waals surface area contributed by atoms with Crippen LogP contribution in [0.3, 0.4) is 0 Å². The van der Waals surface area contributed by atoms with Gasteiger partial charge < -0.3 is 30.2 Å². The van der Waals surface area contributed by atoms with Crippen LogP contribution < -0.4 is 30.2 Å². The van der Waals surface area contributed by atoms with Gasteiger partial charge in [0.25, 0.3) is 11.8 Å². The van der Waals surface area contributed by atoms with Crippen molar-refractivity contribution < 1.29 is 28.6 Å². The standard InChI is InChI=1S/C39H33N3O6S/c1-46-31-14-8-9-26(23-31)24-33(42-37(43)28-12-6-3-7-13-28)38(44)40-29-15-18-32(19-16-29)49-36(27-10-4-2-5-11-27)39(45)41-30-17-20-34-35(25-30)48-22-21-47-34/h2-20,23-25,36H,21-22H2,1H3,(H,40,44)(H,41,45)(H,42,43)/b33-24-. The molecule has 3 amide bonds. The average molecular weight is 672 g/mol. The number of rotatable bonds is 11. The van der Waals surface area contributed by atoms with Gasteiger partial charge in [-0.25, -0.2) is 0 Å². The third kappa shape index (κ3) is 8.68. The Morgan fingerprint density at radius 1 is 0.735 bits per heavy atom. The second kappa shape index (κ2) is 15.7. The molecule has 0 saturated carbocycles. The number of ether oxygens (including phenoxy) is 3. The fourth-order valence-electron chi connectivity index (χ4n) is 5.02. The van der Waals surface area contributed by atoms with Gasteiger partial charge >= 0.3 is 0 Å². The highest BCUT2D eigenvalue weighted by Gasteiger charge is 2.23. The Balaban J connectivity index is 1.18. The van der Waals surface area contributed by atoms with Gasteiger partial charge in [0.15, 0.2) is 11.5 Å². The summed E-state index contributed by atoms with van der Waals surface area (Å²) >= 11 is 1.38. The lowest BCUT2D eigenvalue weighted by atomic mass is 10.1. The smallest absolute Gasteiger partial charge is 0.272 e. The first-order chi connectivity index (χ1) is 23.9. The molecule has 10 heteroatoms. The third-order valence-electron chi connectivity index (χ3n) is 7.45. The predicted octanol–water partition coefficient (Wildman–Crippen LogP) is 7.35. The Morgan fingerprint density at radius 2 is 1.43 bits per heavy atom. The minimum Gasteiger partial charge on any atom is -0.497 e. The van der Waals surface area contributed by atoms with Crippen molar-refractivity contribution in [3.05, 3.63) is 150 Å². The van der Waals surface area contributed by atoms with E-state index in [1.165, 1.54) is 11.8 Å². The molecule has 6 rings (SSSR count). The number of methoxy groups -OCH3 is 1. The van der Waals surface area contributed by atoms with E-state index in [1.54, 1.807) is 86.0 Å². The highest BCUT2D eigenvalue weighted by Crippen LogP contribution is 2.38. The molecule has 1 aliphatic heterocycles. The Bertz CT molecular complexity index is 1970. The molecule has 5 aromatic carbocycles. The minimum atomic E-state index is -0.569. The summed E-state index contributed by atoms with van der Waals surface area (Å²) < 4.78 is 16.6. The number of carbonyl (C=O) groups is 3. The molecule has 0 aromatic heterocycles. The van der Waals surface area contributed by atoms with Crippen LogP contribution >= 0.6 is 11.8 Å². The van der Waals surface area contributed by atoms with Crippen molar-refractivity contribution in [3.8, 4) is 17.2 Å². The van der Waals surface area contributed by atoms with Crippen molar-refractivity contribution in [1.29, 1.82) is 0 Å². The lowest BCUT2D eigenvalue weighted by molar-refractivity contribution is -0.116. The van der Waals surface area contributed by atoms with E-state index in [4.69, 9.17) is 14.2 Å². The van der Waals surface area contributed by atoms with Crippen LogP contribution in [0.2, 0.25) is 0 Å². The molecule has 0 aliphatic carbocycles. The SMILES string of the molecule is COc1cccc(/C=C(\NC(=O)c2ccccc2)C(=O)Nc2ccc(SC(C(=O)Nc3ccc4c(c3)OCCO4)c3ccccc3)cc2)c1. The van der Waals surface area contributed by atoms with Crippen molar-refractivity contribution in [1.82, 2.24) is 5.32 Å². The molecule has 0 saturated heterocycles. The normalized spacial score (nSPS) is 12.7. The third-order valence-corrected chi connectivity index (χ3v) is 8.72. The molecule has 1 unspecified atom stereocenters. The van der Waals surface area contributed by atoms with Gasteiger partial charge in [0.2, 0.25) is 5.91 Å². The summed E-state index contributed by atoms with van der Waals surface area (Å²) in [5.41, 5.74) is 3.09. The van der Waals surface area contributed by atoms with Gasteiger partial charge in [0.05, 0.1) is 7.11 Å². The van der Waals surface area contributed by atoms with Crippen LogP contribution in [0.5, 0.6) is 17.2 Å². The van der Waals surface area contributed by atoms with Gasteiger partial charge in [-0.15, -0.1) is 11.8 Å². The summed E-state index contributed by atoms with van der Waals surface area (Å²) in [4.78, 5) is 41.0. The zero-order valence-corrected chi connectivity index (χ0v) is 27.4. The summed E-state index contributed by atoms with van der Waals surface area (Å²) in [6.07, 6.45) is 1.59. The summed E-state index contributed by atoms with van der Waals surface area (Å²) in [5.74, 6) is 0.724. The molecule has 49 heavy (non-hydrogen) atoms. The zero-order valence-electron chi connectivity index (χ0n) is 26.6. The first-order valence-corrected chi connectivity index (χ1v) is 16.4. The molecule has 0 bridgehead atoms. The fourth-order valence-corrected chi connectivity index (χ4v) is 6.05. The van der Waals surface area contributed by atoms with Gasteiger partial charge in [0.1, 0.15) is 29.9 Å². The topological polar surface area (TPSA) is 115 Å². The molecule has 1 aliphatic rings. The van der Waals surface area contributed by atoms with Gasteiger partial charge in [-0.05, 0) is 77.9 Å². The van der Waals surface area contributed by atoms with Crippen molar-refractivity contribution in [2.75, 3.05) is 31.0 Å². The number of fused-ring (bicyclic) bond motifs is 1. The van der Waals surface area contributed by atoms with Crippen molar-refractivity contribution >= 4 is 46.9 Å². The quantitative estimate of drug-likeness (QED) is 0.0994. The van der Waals surface area contributed by atoms with E-state index >= 15 is 0 Å². The molecule has 0 spiro atoms. The fraction of sp³-hybridized carbons (Fsp3) is 0.103. The molecular formula is C39H33N3O6S. The number of hydrogen-bond donors (Lipinski definition) is 3. The Hall–Kier alpha value is -6.00. The van der Waals surface area contributed by atoms with E-state index in [0.29, 0.717) is 53.0 Å². The largest absolute Gasteiger partial charge is 0.497 e. The van der Waals surface area contributed by atoms with E-state index in [9.17, 15) is 14.4 Å². The van der Waals surface area contributed by atoms with Crippen molar-refractivity contribution in [3.63, 3.8) is 0 Å². The minimum absolute atomic E-state index is 0.0560. The number of benzene rings is 5. The second-order valence-electron chi connectivity index (χ2n) is 10.9. The maximum atomic E-state index is 13.6. The van der Waals surface area contributed by atoms with Crippen LogP contribution in [0.25, 0.3) is 6.08 Å². The van der Waals surface area contributed by atoms with Crippen LogP contribution in [0, 0.1) is 0 Å². The van der Waals surface area contributed by atoms with Gasteiger partial charge in [-0.1, -0.05) is 60.7 Å². The summed E-state index contributed by atoms with van der Waals surface area (Å²) in [7, 11) is 1.56. The van der Waals surface area contributed by atoms with Crippen LogP contribution in [0.1, 0.15) is 26.7 Å². The first kappa shape index (κ1) is 32.9. The van der Waals surface area contributed by atoms with E-state index < -0.39 is 17.1 Å². The zero-order chi connectivity index (χ0) is 34.0. The molecule has 5 aromatic rings. The molecule has 246 valence electrons. The lowest BCUT2D eigenvalue weighted by Gasteiger charge is -2.20. The molecular weight excluding hydrogens is 639 g/mol. The van der Waals surface area contributed by atoms with E-state index in [2.05, 4.69) is 16.0 Å². The highest BCUT2D eigenvalue weighted by atomic mass is 32.2. The number of carbonyl (C=O) groups excluding carboxylic acids is 3. The maximum Gasteiger partial charge on any atom is 0.272 e. The maximum absolute atomic E-state index is 13.6. The predicted molar refractivity (Wildman–Crippen MR) is 191 cm³/mol. The molecule has 9 nitrogen and oxygen atoms in total. The molecule has 1 heterocycles. The van der Waals surface area contributed by atoms with Crippen LogP contribution in [0.4, 0.5) is 11.4 Å². The summed E-state index contributed by atoms with van der Waals surface area (Å²) in [6.45, 7) is 0.936. The van der Waals surface area contributed by atoms with Gasteiger partial charge in [-0.2, -0.15) is 0 Å². The van der Waals surface area contributed by atoms with Gasteiger partial charge in [0, 0.05) is 27.9 Å². The lowest BCUT2D eigenvalue weighted by Crippen LogP contribution is -2.30. The number of hydrogen-bond acceptors (Lipinski definition) is 7. The Kier molecular flexibility index (Phi) is 10.6. The summed E-state index contributed by atoms with van der Waals surface area (Å²) in [6, 6.07) is 37.9. The van der Waals surface area contributed by atoms with E-state index in [-0.39, 0.29) is 11.6 Å². The van der Waals surface area contributed by atoms with Crippen molar-refractivity contribution in [2.24, 2.45) is 0 Å². The van der Waals surface area contributed by atoms with Crippen LogP contribution in [0.15, 0.2) is 138 Å². The number of anilines is 2. The Morgan fingerprint density at radius 3 is 2.16 bits per heavy atom. The first-order valence-electron chi connectivity index (χ1n) is 15.5. The van der Waals surface area contributed by atoms with E-state index in [1.807, 2.05) is 54.6 Å². The van der Waals surface area contributed by atoms with Gasteiger partial charge in [-0.3, -0.25) is 14.4 Å². The van der Waals surface area contributed by atoms with Crippen LogP contribution in [-0.4, -0.2) is 38.0 Å². The Labute approximate surface area is 288 Å². The molecule has 3 N–H and O–H groups in total. The molecule has 0 radical (unpaired) electrons.